The number of hydrogen-bond donors (Lipinski definition) is 1. The number of alkyl halides is 3. The number of aromatic nitrogens is 2. The lowest BCUT2D eigenvalue weighted by Gasteiger charge is -2.10. The Hall–Kier alpha value is -2.01. The second-order valence-electron chi connectivity index (χ2n) is 5.71. The standard InChI is InChI=1S/C15H14F3N3O3S2/c16-15(17,18)26(23,24)13-9(5-4-8-19-13)12(22)21-14-20-10-6-2-1-3-7-11(10)25-14/h4-5,8H,1-3,6-7H2,(H,20,21,22). The van der Waals surface area contributed by atoms with Gasteiger partial charge in [-0.2, -0.15) is 13.2 Å². The van der Waals surface area contributed by atoms with Crippen molar-refractivity contribution in [1.29, 1.82) is 0 Å². The first-order valence-corrected chi connectivity index (χ1v) is 10.1. The average molecular weight is 405 g/mol. The van der Waals surface area contributed by atoms with Crippen LogP contribution in [0.5, 0.6) is 0 Å². The zero-order valence-electron chi connectivity index (χ0n) is 13.3. The van der Waals surface area contributed by atoms with E-state index in [4.69, 9.17) is 0 Å². The molecule has 0 aromatic carbocycles. The number of anilines is 1. The lowest BCUT2D eigenvalue weighted by atomic mass is 10.2. The first-order chi connectivity index (χ1) is 12.2. The summed E-state index contributed by atoms with van der Waals surface area (Å²) in [5, 5.41) is 1.32. The molecule has 1 N–H and O–H groups in total. The lowest BCUT2D eigenvalue weighted by molar-refractivity contribution is -0.0438. The molecule has 0 unspecified atom stereocenters. The van der Waals surface area contributed by atoms with Crippen LogP contribution in [0.1, 0.15) is 40.2 Å². The highest BCUT2D eigenvalue weighted by atomic mass is 32.2. The van der Waals surface area contributed by atoms with Crippen LogP contribution < -0.4 is 5.32 Å². The Labute approximate surface area is 151 Å². The van der Waals surface area contributed by atoms with Gasteiger partial charge in [0.05, 0.1) is 11.3 Å². The van der Waals surface area contributed by atoms with Gasteiger partial charge >= 0.3 is 5.51 Å². The summed E-state index contributed by atoms with van der Waals surface area (Å²) in [6.07, 6.45) is 5.60. The SMILES string of the molecule is O=C(Nc1nc2c(s1)CCCCC2)c1cccnc1S(=O)(=O)C(F)(F)F. The van der Waals surface area contributed by atoms with E-state index < -0.39 is 31.8 Å². The van der Waals surface area contributed by atoms with Crippen LogP contribution in [0.2, 0.25) is 0 Å². The van der Waals surface area contributed by atoms with Crippen molar-refractivity contribution in [2.45, 2.75) is 42.6 Å². The number of rotatable bonds is 3. The quantitative estimate of drug-likeness (QED) is 0.791. The summed E-state index contributed by atoms with van der Waals surface area (Å²) in [5.74, 6) is -0.996. The minimum Gasteiger partial charge on any atom is -0.298 e. The van der Waals surface area contributed by atoms with Crippen LogP contribution >= 0.6 is 11.3 Å². The Kier molecular flexibility index (Phi) is 5.02. The Morgan fingerprint density at radius 1 is 1.19 bits per heavy atom. The molecule has 3 rings (SSSR count). The van der Waals surface area contributed by atoms with Gasteiger partial charge in [0, 0.05) is 11.1 Å². The van der Waals surface area contributed by atoms with Crippen molar-refractivity contribution >= 4 is 32.2 Å². The van der Waals surface area contributed by atoms with Crippen LogP contribution in [-0.4, -0.2) is 29.8 Å². The van der Waals surface area contributed by atoms with Crippen LogP contribution in [0.15, 0.2) is 23.4 Å². The van der Waals surface area contributed by atoms with Gasteiger partial charge in [-0.1, -0.05) is 6.42 Å². The molecule has 0 saturated heterocycles. The molecule has 1 amide bonds. The molecule has 0 saturated carbocycles. The van der Waals surface area contributed by atoms with Gasteiger partial charge in [0.2, 0.25) is 0 Å². The average Bonchev–Trinajstić information content (AvgIpc) is 2.82. The summed E-state index contributed by atoms with van der Waals surface area (Å²) in [6, 6.07) is 2.18. The molecule has 1 aliphatic rings. The van der Waals surface area contributed by atoms with Crippen LogP contribution in [-0.2, 0) is 22.7 Å². The lowest BCUT2D eigenvalue weighted by Crippen LogP contribution is -2.27. The molecule has 1 aliphatic carbocycles. The van der Waals surface area contributed by atoms with Crippen molar-refractivity contribution in [2.24, 2.45) is 0 Å². The van der Waals surface area contributed by atoms with E-state index in [9.17, 15) is 26.4 Å². The Morgan fingerprint density at radius 2 is 1.92 bits per heavy atom. The molecule has 26 heavy (non-hydrogen) atoms. The van der Waals surface area contributed by atoms with Crippen LogP contribution in [0.4, 0.5) is 18.3 Å². The van der Waals surface area contributed by atoms with Crippen molar-refractivity contribution in [3.8, 4) is 0 Å². The van der Waals surface area contributed by atoms with Crippen molar-refractivity contribution in [3.63, 3.8) is 0 Å². The zero-order chi connectivity index (χ0) is 18.9. The van der Waals surface area contributed by atoms with Crippen molar-refractivity contribution in [3.05, 3.63) is 34.5 Å². The molecule has 0 atom stereocenters. The third kappa shape index (κ3) is 3.58. The predicted molar refractivity (Wildman–Crippen MR) is 88.8 cm³/mol. The number of aryl methyl sites for hydroxylation is 2. The monoisotopic (exact) mass is 405 g/mol. The summed E-state index contributed by atoms with van der Waals surface area (Å²) < 4.78 is 61.7. The number of halogens is 3. The Balaban J connectivity index is 1.90. The molecule has 2 aromatic heterocycles. The maximum atomic E-state index is 12.8. The number of pyridine rings is 1. The van der Waals surface area contributed by atoms with E-state index in [0.29, 0.717) is 0 Å². The van der Waals surface area contributed by atoms with Crippen LogP contribution in [0.3, 0.4) is 0 Å². The van der Waals surface area contributed by atoms with Crippen LogP contribution in [0.25, 0.3) is 0 Å². The van der Waals surface area contributed by atoms with Gasteiger partial charge in [0.15, 0.2) is 10.2 Å². The third-order valence-electron chi connectivity index (χ3n) is 3.89. The molecule has 140 valence electrons. The number of nitrogens with one attached hydrogen (secondary N) is 1. The highest BCUT2D eigenvalue weighted by Crippen LogP contribution is 2.32. The molecule has 6 nitrogen and oxygen atoms in total. The van der Waals surface area contributed by atoms with Gasteiger partial charge in [-0.05, 0) is 37.8 Å². The number of fused-ring (bicyclic) bond motifs is 1. The molecule has 2 heterocycles. The first kappa shape index (κ1) is 18.8. The van der Waals surface area contributed by atoms with Crippen LogP contribution in [0, 0.1) is 0 Å². The fourth-order valence-electron chi connectivity index (χ4n) is 2.63. The van der Waals surface area contributed by atoms with E-state index in [2.05, 4.69) is 15.3 Å². The summed E-state index contributed by atoms with van der Waals surface area (Å²) in [5.41, 5.74) is -5.35. The van der Waals surface area contributed by atoms with Gasteiger partial charge < -0.3 is 0 Å². The number of carbonyl (C=O) groups is 1. The van der Waals surface area contributed by atoms with E-state index in [-0.39, 0.29) is 5.13 Å². The van der Waals surface area contributed by atoms with E-state index in [1.165, 1.54) is 17.4 Å². The smallest absolute Gasteiger partial charge is 0.298 e. The minimum absolute atomic E-state index is 0.237. The number of nitrogens with zero attached hydrogens (tertiary/aromatic N) is 2. The number of hydrogen-bond acceptors (Lipinski definition) is 6. The number of carbonyl (C=O) groups excluding carboxylic acids is 1. The normalized spacial score (nSPS) is 15.2. The van der Waals surface area contributed by atoms with Gasteiger partial charge in [-0.25, -0.2) is 18.4 Å². The maximum absolute atomic E-state index is 12.8. The molecule has 0 fully saturated rings. The highest BCUT2D eigenvalue weighted by Gasteiger charge is 2.49. The number of sulfone groups is 1. The number of thiazole rings is 1. The highest BCUT2D eigenvalue weighted by molar-refractivity contribution is 7.92. The molecular formula is C15H14F3N3O3S2. The van der Waals surface area contributed by atoms with E-state index in [1.807, 2.05) is 0 Å². The second-order valence-corrected chi connectivity index (χ2v) is 8.65. The van der Waals surface area contributed by atoms with E-state index in [0.717, 1.165) is 54.9 Å². The molecule has 0 radical (unpaired) electrons. The summed E-state index contributed by atoms with van der Waals surface area (Å²) in [7, 11) is -5.74. The van der Waals surface area contributed by atoms with Gasteiger partial charge in [-0.15, -0.1) is 11.3 Å². The molecule has 2 aromatic rings. The minimum atomic E-state index is -5.74. The Morgan fingerprint density at radius 3 is 2.65 bits per heavy atom. The fourth-order valence-corrected chi connectivity index (χ4v) is 4.55. The third-order valence-corrected chi connectivity index (χ3v) is 6.41. The molecule has 11 heteroatoms. The largest absolute Gasteiger partial charge is 0.503 e. The number of amides is 1. The summed E-state index contributed by atoms with van der Waals surface area (Å²) in [6.45, 7) is 0. The van der Waals surface area contributed by atoms with E-state index in [1.54, 1.807) is 0 Å². The van der Waals surface area contributed by atoms with Crippen molar-refractivity contribution in [1.82, 2.24) is 9.97 Å². The molecular weight excluding hydrogens is 391 g/mol. The summed E-state index contributed by atoms with van der Waals surface area (Å²) in [4.78, 5) is 21.0. The van der Waals surface area contributed by atoms with Gasteiger partial charge in [0.25, 0.3) is 15.7 Å². The van der Waals surface area contributed by atoms with Crippen molar-refractivity contribution in [2.75, 3.05) is 5.32 Å². The molecule has 0 spiro atoms. The first-order valence-electron chi connectivity index (χ1n) is 7.76. The molecule has 0 aliphatic heterocycles. The van der Waals surface area contributed by atoms with Crippen molar-refractivity contribution < 1.29 is 26.4 Å². The summed E-state index contributed by atoms with van der Waals surface area (Å²) >= 11 is 1.26. The Bertz CT molecular complexity index is 916. The van der Waals surface area contributed by atoms with Gasteiger partial charge in [0.1, 0.15) is 0 Å². The van der Waals surface area contributed by atoms with Gasteiger partial charge in [-0.3, -0.25) is 10.1 Å². The molecule has 0 bridgehead atoms. The maximum Gasteiger partial charge on any atom is 0.503 e. The second kappa shape index (κ2) is 6.95. The fraction of sp³-hybridized carbons (Fsp3) is 0.400. The predicted octanol–water partition coefficient (Wildman–Crippen LogP) is 3.35. The topological polar surface area (TPSA) is 89.0 Å². The van der Waals surface area contributed by atoms with E-state index >= 15 is 0 Å². The zero-order valence-corrected chi connectivity index (χ0v) is 15.0.